The van der Waals surface area contributed by atoms with Crippen molar-refractivity contribution in [1.29, 1.82) is 0 Å². The lowest BCUT2D eigenvalue weighted by atomic mass is 10.2. The molecule has 1 aromatic rings. The van der Waals surface area contributed by atoms with Crippen LogP contribution in [-0.2, 0) is 20.3 Å². The van der Waals surface area contributed by atoms with Crippen LogP contribution in [0.15, 0.2) is 18.2 Å². The topological polar surface area (TPSA) is 69.4 Å². The number of benzene rings is 1. The van der Waals surface area contributed by atoms with Crippen molar-refractivity contribution in [2.45, 2.75) is 5.75 Å². The second kappa shape index (κ2) is 5.27. The zero-order valence-corrected chi connectivity index (χ0v) is 9.76. The van der Waals surface area contributed by atoms with Crippen LogP contribution in [0.3, 0.4) is 0 Å². The van der Waals surface area contributed by atoms with E-state index in [-0.39, 0.29) is 23.8 Å². The molecule has 0 saturated carbocycles. The highest BCUT2D eigenvalue weighted by atomic mass is 32.2. The van der Waals surface area contributed by atoms with Gasteiger partial charge in [-0.3, -0.25) is 0 Å². The molecule has 90 valence electrons. The normalized spacial score (nSPS) is 11.6. The maximum atomic E-state index is 13.1. The summed E-state index contributed by atoms with van der Waals surface area (Å²) in [7, 11) is -1.83. The van der Waals surface area contributed by atoms with E-state index in [9.17, 15) is 12.8 Å². The number of halogens is 1. The average molecular weight is 247 g/mol. The van der Waals surface area contributed by atoms with Crippen LogP contribution in [0, 0.1) is 5.82 Å². The molecule has 0 aliphatic heterocycles. The lowest BCUT2D eigenvalue weighted by Crippen LogP contribution is -2.13. The van der Waals surface area contributed by atoms with Gasteiger partial charge < -0.3 is 10.5 Å². The molecule has 0 bridgehead atoms. The van der Waals surface area contributed by atoms with Crippen molar-refractivity contribution in [2.75, 3.05) is 25.2 Å². The molecule has 0 amide bonds. The maximum Gasteiger partial charge on any atom is 0.156 e. The van der Waals surface area contributed by atoms with Crippen LogP contribution in [0.5, 0.6) is 0 Å². The number of methoxy groups -OCH3 is 1. The smallest absolute Gasteiger partial charge is 0.156 e. The van der Waals surface area contributed by atoms with Gasteiger partial charge >= 0.3 is 0 Å². The van der Waals surface area contributed by atoms with E-state index in [1.807, 2.05) is 0 Å². The molecule has 6 heteroatoms. The van der Waals surface area contributed by atoms with Gasteiger partial charge in [-0.05, 0) is 17.7 Å². The molecule has 0 aliphatic rings. The molecule has 4 nitrogen and oxygen atoms in total. The highest BCUT2D eigenvalue weighted by Gasteiger charge is 2.12. The summed E-state index contributed by atoms with van der Waals surface area (Å²) >= 11 is 0. The monoisotopic (exact) mass is 247 g/mol. The minimum Gasteiger partial charge on any atom is -0.396 e. The van der Waals surface area contributed by atoms with Gasteiger partial charge in [0, 0.05) is 7.11 Å². The summed E-state index contributed by atoms with van der Waals surface area (Å²) in [5.41, 5.74) is 5.69. The third-order valence-electron chi connectivity index (χ3n) is 2.05. The summed E-state index contributed by atoms with van der Waals surface area (Å²) in [4.78, 5) is 0. The molecule has 1 aromatic carbocycles. The third kappa shape index (κ3) is 3.79. The molecule has 0 radical (unpaired) electrons. The van der Waals surface area contributed by atoms with Gasteiger partial charge in [0.2, 0.25) is 0 Å². The zero-order valence-electron chi connectivity index (χ0n) is 8.94. The van der Waals surface area contributed by atoms with Gasteiger partial charge in [0.25, 0.3) is 0 Å². The second-order valence-electron chi connectivity index (χ2n) is 3.44. The fourth-order valence-corrected chi connectivity index (χ4v) is 2.45. The highest BCUT2D eigenvalue weighted by Crippen LogP contribution is 2.14. The zero-order chi connectivity index (χ0) is 12.2. The van der Waals surface area contributed by atoms with Crippen molar-refractivity contribution < 1.29 is 17.5 Å². The Morgan fingerprint density at radius 2 is 2.12 bits per heavy atom. The van der Waals surface area contributed by atoms with Crippen LogP contribution in [0.1, 0.15) is 5.56 Å². The van der Waals surface area contributed by atoms with E-state index in [1.165, 1.54) is 19.2 Å². The van der Waals surface area contributed by atoms with Gasteiger partial charge in [-0.25, -0.2) is 12.8 Å². The Morgan fingerprint density at radius 3 is 2.69 bits per heavy atom. The largest absolute Gasteiger partial charge is 0.396 e. The van der Waals surface area contributed by atoms with Crippen molar-refractivity contribution in [1.82, 2.24) is 0 Å². The third-order valence-corrected chi connectivity index (χ3v) is 3.61. The van der Waals surface area contributed by atoms with Crippen LogP contribution >= 0.6 is 0 Å². The van der Waals surface area contributed by atoms with E-state index in [4.69, 9.17) is 5.73 Å². The molecule has 0 aliphatic carbocycles. The van der Waals surface area contributed by atoms with Gasteiger partial charge in [0.15, 0.2) is 9.84 Å². The van der Waals surface area contributed by atoms with Crippen LogP contribution in [0.2, 0.25) is 0 Å². The molecule has 0 aromatic heterocycles. The van der Waals surface area contributed by atoms with Gasteiger partial charge in [0.1, 0.15) is 5.82 Å². The maximum absolute atomic E-state index is 13.1. The molecule has 0 spiro atoms. The van der Waals surface area contributed by atoms with E-state index in [0.29, 0.717) is 5.56 Å². The Hall–Kier alpha value is -1.14. The first-order chi connectivity index (χ1) is 7.44. The van der Waals surface area contributed by atoms with E-state index < -0.39 is 15.7 Å². The van der Waals surface area contributed by atoms with Crippen LogP contribution in [-0.4, -0.2) is 27.9 Å². The Morgan fingerprint density at radius 1 is 1.44 bits per heavy atom. The van der Waals surface area contributed by atoms with Crippen LogP contribution in [0.4, 0.5) is 10.1 Å². The molecule has 0 fully saturated rings. The number of ether oxygens (including phenoxy) is 1. The lowest BCUT2D eigenvalue weighted by Gasteiger charge is -2.05. The van der Waals surface area contributed by atoms with Crippen molar-refractivity contribution in [3.63, 3.8) is 0 Å². The molecular weight excluding hydrogens is 233 g/mol. The number of hydrogen-bond acceptors (Lipinski definition) is 4. The van der Waals surface area contributed by atoms with Crippen molar-refractivity contribution in [2.24, 2.45) is 0 Å². The van der Waals surface area contributed by atoms with Crippen molar-refractivity contribution >= 4 is 15.5 Å². The molecule has 0 saturated heterocycles. The molecule has 16 heavy (non-hydrogen) atoms. The van der Waals surface area contributed by atoms with Gasteiger partial charge in [-0.1, -0.05) is 6.07 Å². The molecular formula is C10H14FNO3S. The van der Waals surface area contributed by atoms with Gasteiger partial charge in [-0.15, -0.1) is 0 Å². The summed E-state index contributed by atoms with van der Waals surface area (Å²) < 4.78 is 40.8. The van der Waals surface area contributed by atoms with E-state index in [0.717, 1.165) is 6.07 Å². The van der Waals surface area contributed by atoms with E-state index in [1.54, 1.807) is 0 Å². The number of hydrogen-bond donors (Lipinski definition) is 1. The van der Waals surface area contributed by atoms with Gasteiger partial charge in [-0.2, -0.15) is 0 Å². The Bertz CT molecular complexity index is 459. The summed E-state index contributed by atoms with van der Waals surface area (Å²) in [6.07, 6.45) is 0. The SMILES string of the molecule is COCCS(=O)(=O)Cc1ccc(N)c(F)c1. The first kappa shape index (κ1) is 12.9. The Labute approximate surface area is 94.1 Å². The highest BCUT2D eigenvalue weighted by molar-refractivity contribution is 7.90. The Balaban J connectivity index is 2.76. The number of anilines is 1. The number of rotatable bonds is 5. The number of nitrogen functional groups attached to an aromatic ring is 1. The molecule has 0 heterocycles. The average Bonchev–Trinajstić information content (AvgIpc) is 2.20. The van der Waals surface area contributed by atoms with Gasteiger partial charge in [0.05, 0.1) is 23.8 Å². The minimum absolute atomic E-state index is 0.0121. The predicted molar refractivity (Wildman–Crippen MR) is 60.2 cm³/mol. The first-order valence-corrected chi connectivity index (χ1v) is 6.50. The summed E-state index contributed by atoms with van der Waals surface area (Å²) in [5, 5.41) is 0. The fraction of sp³-hybridized carbons (Fsp3) is 0.400. The summed E-state index contributed by atoms with van der Waals surface area (Å²) in [6.45, 7) is 0.139. The van der Waals surface area contributed by atoms with Crippen molar-refractivity contribution in [3.8, 4) is 0 Å². The molecule has 0 unspecified atom stereocenters. The minimum atomic E-state index is -3.26. The standard InChI is InChI=1S/C10H14FNO3S/c1-15-4-5-16(13,14)7-8-2-3-10(12)9(11)6-8/h2-3,6H,4-5,7,12H2,1H3. The second-order valence-corrected chi connectivity index (χ2v) is 5.62. The Kier molecular flexibility index (Phi) is 4.26. The number of sulfone groups is 1. The van der Waals surface area contributed by atoms with E-state index >= 15 is 0 Å². The summed E-state index contributed by atoms with van der Waals surface area (Å²) in [5.74, 6) is -0.872. The molecule has 0 atom stereocenters. The fourth-order valence-electron chi connectivity index (χ4n) is 1.20. The molecule has 2 N–H and O–H groups in total. The molecule has 1 rings (SSSR count). The van der Waals surface area contributed by atoms with Crippen LogP contribution < -0.4 is 5.73 Å². The van der Waals surface area contributed by atoms with Crippen molar-refractivity contribution in [3.05, 3.63) is 29.6 Å². The van der Waals surface area contributed by atoms with Crippen LogP contribution in [0.25, 0.3) is 0 Å². The van der Waals surface area contributed by atoms with E-state index in [2.05, 4.69) is 4.74 Å². The predicted octanol–water partition coefficient (Wildman–Crippen LogP) is 0.969. The first-order valence-electron chi connectivity index (χ1n) is 4.68. The number of nitrogens with two attached hydrogens (primary N) is 1. The lowest BCUT2D eigenvalue weighted by molar-refractivity contribution is 0.217. The summed E-state index contributed by atoms with van der Waals surface area (Å²) in [6, 6.07) is 4.00. The quantitative estimate of drug-likeness (QED) is 0.787.